The fourth-order valence-corrected chi connectivity index (χ4v) is 2.59. The summed E-state index contributed by atoms with van der Waals surface area (Å²) in [5, 5.41) is 14.2. The molecule has 0 spiro atoms. The standard InChI is InChI=1S/C15H16N4O2/c1-9-10(2)19(7-14-16-8-17-18(14)3)13-5-4-11(15(20)21)6-12(9)13/h4-6,8H,7H2,1-3H3,(H,20,21). The van der Waals surface area contributed by atoms with E-state index < -0.39 is 5.97 Å². The highest BCUT2D eigenvalue weighted by molar-refractivity contribution is 5.95. The van der Waals surface area contributed by atoms with Crippen LogP contribution in [0.25, 0.3) is 10.9 Å². The van der Waals surface area contributed by atoms with Crippen LogP contribution in [0.2, 0.25) is 0 Å². The van der Waals surface area contributed by atoms with Crippen LogP contribution in [0.3, 0.4) is 0 Å². The van der Waals surface area contributed by atoms with Gasteiger partial charge in [-0.15, -0.1) is 0 Å². The van der Waals surface area contributed by atoms with E-state index in [9.17, 15) is 4.79 Å². The molecule has 2 aromatic heterocycles. The van der Waals surface area contributed by atoms with E-state index in [1.165, 1.54) is 6.33 Å². The molecule has 0 saturated carbocycles. The lowest BCUT2D eigenvalue weighted by atomic mass is 10.1. The summed E-state index contributed by atoms with van der Waals surface area (Å²) < 4.78 is 3.88. The molecule has 0 aliphatic carbocycles. The first kappa shape index (κ1) is 13.4. The minimum atomic E-state index is -0.907. The van der Waals surface area contributed by atoms with Crippen LogP contribution in [0.1, 0.15) is 27.4 Å². The van der Waals surface area contributed by atoms with Crippen LogP contribution in [0, 0.1) is 13.8 Å². The zero-order valence-electron chi connectivity index (χ0n) is 12.2. The molecular weight excluding hydrogens is 268 g/mol. The van der Waals surface area contributed by atoms with Gasteiger partial charge in [0.1, 0.15) is 12.2 Å². The number of carbonyl (C=O) groups is 1. The number of carboxylic acids is 1. The predicted molar refractivity (Wildman–Crippen MR) is 78.5 cm³/mol. The van der Waals surface area contributed by atoms with Crippen molar-refractivity contribution in [1.29, 1.82) is 0 Å². The maximum atomic E-state index is 11.1. The summed E-state index contributed by atoms with van der Waals surface area (Å²) in [4.78, 5) is 15.4. The summed E-state index contributed by atoms with van der Waals surface area (Å²) in [6.07, 6.45) is 1.53. The van der Waals surface area contributed by atoms with Crippen molar-refractivity contribution in [3.05, 3.63) is 47.2 Å². The maximum absolute atomic E-state index is 11.1. The van der Waals surface area contributed by atoms with Gasteiger partial charge >= 0.3 is 5.97 Å². The smallest absolute Gasteiger partial charge is 0.335 e. The van der Waals surface area contributed by atoms with Crippen LogP contribution in [0.15, 0.2) is 24.5 Å². The van der Waals surface area contributed by atoms with E-state index in [2.05, 4.69) is 14.6 Å². The molecule has 2 heterocycles. The summed E-state index contributed by atoms with van der Waals surface area (Å²) >= 11 is 0. The van der Waals surface area contributed by atoms with Crippen molar-refractivity contribution in [3.8, 4) is 0 Å². The van der Waals surface area contributed by atoms with Crippen molar-refractivity contribution in [3.63, 3.8) is 0 Å². The van der Waals surface area contributed by atoms with E-state index >= 15 is 0 Å². The van der Waals surface area contributed by atoms with Crippen molar-refractivity contribution < 1.29 is 9.90 Å². The Morgan fingerprint density at radius 1 is 1.33 bits per heavy atom. The van der Waals surface area contributed by atoms with Crippen molar-refractivity contribution >= 4 is 16.9 Å². The lowest BCUT2D eigenvalue weighted by Gasteiger charge is -2.08. The minimum absolute atomic E-state index is 0.307. The SMILES string of the molecule is Cc1c(C)n(Cc2ncnn2C)c2ccc(C(=O)O)cc12. The Balaban J connectivity index is 2.17. The Labute approximate surface area is 121 Å². The second-order valence-electron chi connectivity index (χ2n) is 5.13. The predicted octanol–water partition coefficient (Wildman–Crippen LogP) is 2.13. The molecule has 0 amide bonds. The molecule has 1 N–H and O–H groups in total. The van der Waals surface area contributed by atoms with E-state index in [0.29, 0.717) is 12.1 Å². The van der Waals surface area contributed by atoms with Crippen molar-refractivity contribution in [2.45, 2.75) is 20.4 Å². The van der Waals surface area contributed by atoms with Gasteiger partial charge in [-0.3, -0.25) is 4.68 Å². The molecular formula is C15H16N4O2. The normalized spacial score (nSPS) is 11.2. The Kier molecular flexibility index (Phi) is 3.01. The highest BCUT2D eigenvalue weighted by Gasteiger charge is 2.14. The molecule has 0 aliphatic heterocycles. The molecule has 6 nitrogen and oxygen atoms in total. The second kappa shape index (κ2) is 4.73. The molecule has 3 rings (SSSR count). The van der Waals surface area contributed by atoms with E-state index in [-0.39, 0.29) is 0 Å². The van der Waals surface area contributed by atoms with Gasteiger partial charge in [-0.25, -0.2) is 9.78 Å². The van der Waals surface area contributed by atoms with E-state index in [1.54, 1.807) is 16.8 Å². The van der Waals surface area contributed by atoms with E-state index in [0.717, 1.165) is 28.0 Å². The summed E-state index contributed by atoms with van der Waals surface area (Å²) in [5.41, 5.74) is 3.52. The van der Waals surface area contributed by atoms with Crippen LogP contribution in [0.4, 0.5) is 0 Å². The minimum Gasteiger partial charge on any atom is -0.478 e. The van der Waals surface area contributed by atoms with Gasteiger partial charge in [-0.2, -0.15) is 5.10 Å². The molecule has 0 atom stereocenters. The summed E-state index contributed by atoms with van der Waals surface area (Å²) in [6.45, 7) is 4.65. The van der Waals surface area contributed by atoms with Crippen molar-refractivity contribution in [2.75, 3.05) is 0 Å². The Bertz CT molecular complexity index is 845. The van der Waals surface area contributed by atoms with Gasteiger partial charge in [0, 0.05) is 23.6 Å². The molecule has 0 radical (unpaired) electrons. The zero-order valence-corrected chi connectivity index (χ0v) is 12.2. The van der Waals surface area contributed by atoms with Crippen LogP contribution in [-0.4, -0.2) is 30.4 Å². The first-order valence-electron chi connectivity index (χ1n) is 6.64. The van der Waals surface area contributed by atoms with Crippen molar-refractivity contribution in [2.24, 2.45) is 7.05 Å². The van der Waals surface area contributed by atoms with Gasteiger partial charge in [0.05, 0.1) is 12.1 Å². The molecule has 0 aliphatic rings. The van der Waals surface area contributed by atoms with Gasteiger partial charge in [0.25, 0.3) is 0 Å². The number of hydrogen-bond donors (Lipinski definition) is 1. The number of aromatic nitrogens is 4. The first-order chi connectivity index (χ1) is 9.99. The Morgan fingerprint density at radius 3 is 2.71 bits per heavy atom. The average Bonchev–Trinajstić information content (AvgIpc) is 2.96. The van der Waals surface area contributed by atoms with Crippen molar-refractivity contribution in [1.82, 2.24) is 19.3 Å². The third-order valence-corrected chi connectivity index (χ3v) is 3.99. The molecule has 1 aromatic carbocycles. The first-order valence-corrected chi connectivity index (χ1v) is 6.64. The number of nitrogens with zero attached hydrogens (tertiary/aromatic N) is 4. The monoisotopic (exact) mass is 284 g/mol. The molecule has 0 fully saturated rings. The number of rotatable bonds is 3. The number of aryl methyl sites for hydroxylation is 2. The van der Waals surface area contributed by atoms with Gasteiger partial charge in [0.15, 0.2) is 0 Å². The molecule has 3 aromatic rings. The van der Waals surface area contributed by atoms with E-state index in [4.69, 9.17) is 5.11 Å². The number of aromatic carboxylic acids is 1. The topological polar surface area (TPSA) is 72.9 Å². The number of fused-ring (bicyclic) bond motifs is 1. The van der Waals surface area contributed by atoms with Gasteiger partial charge in [-0.05, 0) is 37.6 Å². The highest BCUT2D eigenvalue weighted by Crippen LogP contribution is 2.26. The second-order valence-corrected chi connectivity index (χ2v) is 5.13. The molecule has 0 saturated heterocycles. The molecule has 108 valence electrons. The molecule has 0 unspecified atom stereocenters. The number of benzene rings is 1. The Morgan fingerprint density at radius 2 is 2.10 bits per heavy atom. The molecule has 6 heteroatoms. The van der Waals surface area contributed by atoms with Crippen LogP contribution >= 0.6 is 0 Å². The lowest BCUT2D eigenvalue weighted by molar-refractivity contribution is 0.0697. The molecule has 21 heavy (non-hydrogen) atoms. The summed E-state index contributed by atoms with van der Waals surface area (Å²) in [7, 11) is 1.86. The third kappa shape index (κ3) is 2.08. The fourth-order valence-electron chi connectivity index (χ4n) is 2.59. The van der Waals surface area contributed by atoms with E-state index in [1.807, 2.05) is 27.0 Å². The zero-order chi connectivity index (χ0) is 15.1. The maximum Gasteiger partial charge on any atom is 0.335 e. The van der Waals surface area contributed by atoms with Crippen LogP contribution in [-0.2, 0) is 13.6 Å². The fraction of sp³-hybridized carbons (Fsp3) is 0.267. The Hall–Kier alpha value is -2.63. The largest absolute Gasteiger partial charge is 0.478 e. The highest BCUT2D eigenvalue weighted by atomic mass is 16.4. The quantitative estimate of drug-likeness (QED) is 0.799. The lowest BCUT2D eigenvalue weighted by Crippen LogP contribution is -2.08. The summed E-state index contributed by atoms with van der Waals surface area (Å²) in [5.74, 6) is -0.0488. The molecule has 0 bridgehead atoms. The van der Waals surface area contributed by atoms with Gasteiger partial charge in [-0.1, -0.05) is 0 Å². The number of carboxylic acid groups (broad SMARTS) is 1. The number of hydrogen-bond acceptors (Lipinski definition) is 3. The average molecular weight is 284 g/mol. The van der Waals surface area contributed by atoms with Crippen LogP contribution in [0.5, 0.6) is 0 Å². The summed E-state index contributed by atoms with van der Waals surface area (Å²) in [6, 6.07) is 5.22. The third-order valence-electron chi connectivity index (χ3n) is 3.99. The van der Waals surface area contributed by atoms with Crippen LogP contribution < -0.4 is 0 Å². The van der Waals surface area contributed by atoms with Gasteiger partial charge in [0.2, 0.25) is 0 Å². The van der Waals surface area contributed by atoms with Gasteiger partial charge < -0.3 is 9.67 Å².